The maximum absolute atomic E-state index is 11.0. The molecule has 0 unspecified atom stereocenters. The van der Waals surface area contributed by atoms with Crippen LogP contribution in [0.5, 0.6) is 5.75 Å². The van der Waals surface area contributed by atoms with Gasteiger partial charge >= 0.3 is 0 Å². The van der Waals surface area contributed by atoms with Crippen LogP contribution in [0.4, 0.5) is 0 Å². The van der Waals surface area contributed by atoms with Gasteiger partial charge in [-0.05, 0) is 23.3 Å². The van der Waals surface area contributed by atoms with Crippen LogP contribution in [-0.2, 0) is 4.74 Å². The lowest BCUT2D eigenvalue weighted by Gasteiger charge is -2.08. The Morgan fingerprint density at radius 3 is 2.72 bits per heavy atom. The fourth-order valence-electron chi connectivity index (χ4n) is 1.74. The minimum Gasteiger partial charge on any atom is -0.468 e. The van der Waals surface area contributed by atoms with Crippen LogP contribution in [-0.4, -0.2) is 20.2 Å². The number of hydrogen-bond donors (Lipinski definition) is 0. The zero-order valence-electron chi connectivity index (χ0n) is 10.1. The van der Waals surface area contributed by atoms with E-state index in [1.165, 1.54) is 0 Å². The normalized spacial score (nSPS) is 10.1. The van der Waals surface area contributed by atoms with Crippen LogP contribution >= 0.6 is 0 Å². The zero-order valence-corrected chi connectivity index (χ0v) is 10.1. The van der Waals surface area contributed by atoms with Gasteiger partial charge in [-0.25, -0.2) is 0 Å². The molecule has 0 heterocycles. The summed E-state index contributed by atoms with van der Waals surface area (Å²) in [5.74, 6) is 0.718. The summed E-state index contributed by atoms with van der Waals surface area (Å²) >= 11 is 0. The van der Waals surface area contributed by atoms with Gasteiger partial charge in [-0.3, -0.25) is 4.79 Å². The van der Waals surface area contributed by atoms with Gasteiger partial charge < -0.3 is 9.47 Å². The molecule has 0 bridgehead atoms. The Morgan fingerprint density at radius 1 is 1.11 bits per heavy atom. The molecule has 0 aliphatic carbocycles. The van der Waals surface area contributed by atoms with Crippen molar-refractivity contribution in [3.05, 3.63) is 54.1 Å². The summed E-state index contributed by atoms with van der Waals surface area (Å²) in [6.45, 7) is 0.207. The van der Waals surface area contributed by atoms with E-state index in [1.807, 2.05) is 42.5 Å². The maximum atomic E-state index is 11.0. The summed E-state index contributed by atoms with van der Waals surface area (Å²) in [4.78, 5) is 11.0. The number of aldehydes is 1. The quantitative estimate of drug-likeness (QED) is 0.597. The Labute approximate surface area is 106 Å². The number of methoxy groups -OCH3 is 1. The third-order valence-electron chi connectivity index (χ3n) is 2.58. The molecular formula is C15H14O3. The van der Waals surface area contributed by atoms with E-state index < -0.39 is 0 Å². The molecule has 2 aromatic rings. The van der Waals surface area contributed by atoms with Crippen molar-refractivity contribution in [2.45, 2.75) is 0 Å². The lowest BCUT2D eigenvalue weighted by atomic mass is 10.0. The van der Waals surface area contributed by atoms with E-state index in [1.54, 1.807) is 13.2 Å². The van der Waals surface area contributed by atoms with Gasteiger partial charge in [-0.2, -0.15) is 0 Å². The van der Waals surface area contributed by atoms with Crippen molar-refractivity contribution in [1.29, 1.82) is 0 Å². The molecule has 18 heavy (non-hydrogen) atoms. The molecule has 92 valence electrons. The van der Waals surface area contributed by atoms with Gasteiger partial charge in [-0.1, -0.05) is 36.4 Å². The number of carbonyl (C=O) groups is 1. The molecule has 0 saturated heterocycles. The molecule has 3 heteroatoms. The minimum atomic E-state index is 0.207. The summed E-state index contributed by atoms with van der Waals surface area (Å²) in [5, 5.41) is 0. The first kappa shape index (κ1) is 12.3. The predicted octanol–water partition coefficient (Wildman–Crippen LogP) is 3.15. The summed E-state index contributed by atoms with van der Waals surface area (Å²) in [6, 6.07) is 15.0. The number of benzene rings is 2. The second kappa shape index (κ2) is 5.98. The maximum Gasteiger partial charge on any atom is 0.188 e. The molecule has 0 aliphatic rings. The Bertz CT molecular complexity index is 535. The third kappa shape index (κ3) is 2.76. The summed E-state index contributed by atoms with van der Waals surface area (Å²) in [7, 11) is 1.57. The van der Waals surface area contributed by atoms with Gasteiger partial charge in [0.25, 0.3) is 0 Å². The molecule has 0 radical (unpaired) electrons. The summed E-state index contributed by atoms with van der Waals surface area (Å²) in [5.41, 5.74) is 2.52. The molecule has 0 amide bonds. The highest BCUT2D eigenvalue weighted by molar-refractivity contribution is 5.87. The van der Waals surface area contributed by atoms with Crippen molar-refractivity contribution in [3.8, 4) is 16.9 Å². The Kier molecular flexibility index (Phi) is 4.10. The smallest absolute Gasteiger partial charge is 0.188 e. The highest BCUT2D eigenvalue weighted by Gasteiger charge is 2.04. The van der Waals surface area contributed by atoms with Crippen LogP contribution in [0, 0.1) is 0 Å². The topological polar surface area (TPSA) is 35.5 Å². The highest BCUT2D eigenvalue weighted by Crippen LogP contribution is 2.26. The number of ether oxygens (including phenoxy) is 2. The average molecular weight is 242 g/mol. The summed E-state index contributed by atoms with van der Waals surface area (Å²) < 4.78 is 10.2. The lowest BCUT2D eigenvalue weighted by Crippen LogP contribution is -1.98. The van der Waals surface area contributed by atoms with Crippen molar-refractivity contribution < 1.29 is 14.3 Å². The SMILES string of the molecule is COCOc1cccc(-c2ccccc2C=O)c1. The van der Waals surface area contributed by atoms with Gasteiger partial charge in [0.05, 0.1) is 0 Å². The van der Waals surface area contributed by atoms with Crippen LogP contribution < -0.4 is 4.74 Å². The molecule has 0 spiro atoms. The lowest BCUT2D eigenvalue weighted by molar-refractivity contribution is 0.0511. The standard InChI is InChI=1S/C15H14O3/c1-17-11-18-14-7-4-6-12(9-14)15-8-3-2-5-13(15)10-16/h2-10H,11H2,1H3. The largest absolute Gasteiger partial charge is 0.468 e. The first-order valence-electron chi connectivity index (χ1n) is 5.61. The van der Waals surface area contributed by atoms with Crippen LogP contribution in [0.15, 0.2) is 48.5 Å². The van der Waals surface area contributed by atoms with E-state index in [2.05, 4.69) is 0 Å². The van der Waals surface area contributed by atoms with Crippen LogP contribution in [0.25, 0.3) is 11.1 Å². The molecular weight excluding hydrogens is 228 g/mol. The van der Waals surface area contributed by atoms with E-state index in [0.717, 1.165) is 23.2 Å². The van der Waals surface area contributed by atoms with Gasteiger partial charge in [0.1, 0.15) is 5.75 Å². The van der Waals surface area contributed by atoms with Gasteiger partial charge in [0, 0.05) is 12.7 Å². The first-order chi connectivity index (χ1) is 8.85. The first-order valence-corrected chi connectivity index (χ1v) is 5.61. The van der Waals surface area contributed by atoms with Crippen molar-refractivity contribution in [2.75, 3.05) is 13.9 Å². The average Bonchev–Trinajstić information content (AvgIpc) is 2.45. The van der Waals surface area contributed by atoms with Gasteiger partial charge in [0.2, 0.25) is 0 Å². The monoisotopic (exact) mass is 242 g/mol. The highest BCUT2D eigenvalue weighted by atomic mass is 16.7. The molecule has 0 aromatic heterocycles. The molecule has 2 rings (SSSR count). The number of rotatable bonds is 5. The van der Waals surface area contributed by atoms with E-state index in [-0.39, 0.29) is 6.79 Å². The van der Waals surface area contributed by atoms with E-state index >= 15 is 0 Å². The van der Waals surface area contributed by atoms with Crippen molar-refractivity contribution in [1.82, 2.24) is 0 Å². The van der Waals surface area contributed by atoms with Crippen molar-refractivity contribution >= 4 is 6.29 Å². The van der Waals surface area contributed by atoms with E-state index in [9.17, 15) is 4.79 Å². The minimum absolute atomic E-state index is 0.207. The van der Waals surface area contributed by atoms with E-state index in [0.29, 0.717) is 5.56 Å². The molecule has 3 nitrogen and oxygen atoms in total. The number of carbonyl (C=O) groups excluding carboxylic acids is 1. The Morgan fingerprint density at radius 2 is 1.94 bits per heavy atom. The third-order valence-corrected chi connectivity index (χ3v) is 2.58. The molecule has 0 saturated carbocycles. The second-order valence-electron chi connectivity index (χ2n) is 3.78. The van der Waals surface area contributed by atoms with Gasteiger partial charge in [-0.15, -0.1) is 0 Å². The molecule has 0 aliphatic heterocycles. The van der Waals surface area contributed by atoms with E-state index in [4.69, 9.17) is 9.47 Å². The van der Waals surface area contributed by atoms with Crippen LogP contribution in [0.2, 0.25) is 0 Å². The fraction of sp³-hybridized carbons (Fsp3) is 0.133. The van der Waals surface area contributed by atoms with Crippen molar-refractivity contribution in [3.63, 3.8) is 0 Å². The fourth-order valence-corrected chi connectivity index (χ4v) is 1.74. The van der Waals surface area contributed by atoms with Crippen molar-refractivity contribution in [2.24, 2.45) is 0 Å². The second-order valence-corrected chi connectivity index (χ2v) is 3.78. The predicted molar refractivity (Wildman–Crippen MR) is 69.8 cm³/mol. The molecule has 0 fully saturated rings. The molecule has 0 atom stereocenters. The molecule has 2 aromatic carbocycles. The van der Waals surface area contributed by atoms with Crippen LogP contribution in [0.3, 0.4) is 0 Å². The van der Waals surface area contributed by atoms with Gasteiger partial charge in [0.15, 0.2) is 13.1 Å². The van der Waals surface area contributed by atoms with Crippen LogP contribution in [0.1, 0.15) is 10.4 Å². The Balaban J connectivity index is 2.35. The zero-order chi connectivity index (χ0) is 12.8. The summed E-state index contributed by atoms with van der Waals surface area (Å²) in [6.07, 6.45) is 0.859. The molecule has 0 N–H and O–H groups in total. The number of hydrogen-bond acceptors (Lipinski definition) is 3. The Hall–Kier alpha value is -2.13.